The third-order valence-electron chi connectivity index (χ3n) is 2.00. The second kappa shape index (κ2) is 5.92. The molecular weight excluding hydrogens is 206 g/mol. The molecule has 1 aromatic carbocycles. The lowest BCUT2D eigenvalue weighted by Crippen LogP contribution is -2.05. The maximum Gasteiger partial charge on any atom is 0.338 e. The highest BCUT2D eigenvalue weighted by atomic mass is 16.5. The third kappa shape index (κ3) is 3.10. The van der Waals surface area contributed by atoms with E-state index < -0.39 is 0 Å². The molecule has 1 rings (SSSR count). The van der Waals surface area contributed by atoms with Crippen molar-refractivity contribution in [1.82, 2.24) is 0 Å². The molecule has 0 saturated carbocycles. The van der Waals surface area contributed by atoms with Gasteiger partial charge in [-0.2, -0.15) is 0 Å². The lowest BCUT2D eigenvalue weighted by Gasteiger charge is -2.05. The van der Waals surface area contributed by atoms with Gasteiger partial charge in [0.1, 0.15) is 0 Å². The minimum absolute atomic E-state index is 0.0664. The number of rotatable bonds is 4. The van der Waals surface area contributed by atoms with Gasteiger partial charge in [-0.3, -0.25) is 0 Å². The van der Waals surface area contributed by atoms with Crippen LogP contribution in [0.15, 0.2) is 24.3 Å². The molecule has 0 aliphatic carbocycles. The van der Waals surface area contributed by atoms with E-state index in [4.69, 9.17) is 15.6 Å². The van der Waals surface area contributed by atoms with Gasteiger partial charge in [-0.1, -0.05) is 12.2 Å². The quantitative estimate of drug-likeness (QED) is 0.596. The average molecular weight is 221 g/mol. The maximum absolute atomic E-state index is 11.4. The van der Waals surface area contributed by atoms with Crippen LogP contribution in [-0.4, -0.2) is 24.3 Å². The van der Waals surface area contributed by atoms with E-state index in [0.717, 1.165) is 0 Å². The molecule has 0 amide bonds. The molecule has 0 saturated heterocycles. The van der Waals surface area contributed by atoms with Crippen LogP contribution in [0.3, 0.4) is 0 Å². The molecule has 16 heavy (non-hydrogen) atoms. The predicted molar refractivity (Wildman–Crippen MR) is 62.9 cm³/mol. The number of aliphatic hydroxyl groups is 1. The van der Waals surface area contributed by atoms with Gasteiger partial charge in [0.05, 0.1) is 18.8 Å². The van der Waals surface area contributed by atoms with Gasteiger partial charge in [-0.15, -0.1) is 0 Å². The standard InChI is InChI=1S/C12H15NO3/c1-2-16-12(15)10-5-6-11(13)9(8-10)4-3-7-14/h3-6,8,14H,2,7,13H2,1H3. The van der Waals surface area contributed by atoms with Gasteiger partial charge in [0, 0.05) is 5.69 Å². The lowest BCUT2D eigenvalue weighted by molar-refractivity contribution is 0.0526. The van der Waals surface area contributed by atoms with E-state index in [1.54, 1.807) is 37.3 Å². The van der Waals surface area contributed by atoms with Crippen molar-refractivity contribution in [2.75, 3.05) is 18.9 Å². The Morgan fingerprint density at radius 1 is 1.56 bits per heavy atom. The number of anilines is 1. The van der Waals surface area contributed by atoms with Crippen LogP contribution >= 0.6 is 0 Å². The summed E-state index contributed by atoms with van der Waals surface area (Å²) in [5.41, 5.74) is 7.42. The van der Waals surface area contributed by atoms with Crippen molar-refractivity contribution in [3.63, 3.8) is 0 Å². The number of esters is 1. The topological polar surface area (TPSA) is 72.5 Å². The second-order valence-corrected chi connectivity index (χ2v) is 3.15. The van der Waals surface area contributed by atoms with E-state index in [2.05, 4.69) is 0 Å². The van der Waals surface area contributed by atoms with E-state index in [1.165, 1.54) is 0 Å². The molecule has 0 radical (unpaired) electrons. The summed E-state index contributed by atoms with van der Waals surface area (Å²) in [6.07, 6.45) is 3.22. The summed E-state index contributed by atoms with van der Waals surface area (Å²) in [4.78, 5) is 11.4. The van der Waals surface area contributed by atoms with Crippen molar-refractivity contribution >= 4 is 17.7 Å². The van der Waals surface area contributed by atoms with Crippen molar-refractivity contribution in [3.05, 3.63) is 35.4 Å². The van der Waals surface area contributed by atoms with Crippen molar-refractivity contribution in [3.8, 4) is 0 Å². The fraction of sp³-hybridized carbons (Fsp3) is 0.250. The number of benzene rings is 1. The number of aliphatic hydroxyl groups excluding tert-OH is 1. The fourth-order valence-electron chi connectivity index (χ4n) is 1.24. The molecule has 0 bridgehead atoms. The number of nitrogen functional groups attached to an aromatic ring is 1. The fourth-order valence-corrected chi connectivity index (χ4v) is 1.24. The highest BCUT2D eigenvalue weighted by Gasteiger charge is 2.07. The molecule has 1 aromatic rings. The first kappa shape index (κ1) is 12.3. The first-order chi connectivity index (χ1) is 7.69. The van der Waals surface area contributed by atoms with Gasteiger partial charge in [0.15, 0.2) is 0 Å². The number of ether oxygens (including phenoxy) is 1. The van der Waals surface area contributed by atoms with Crippen molar-refractivity contribution in [2.45, 2.75) is 6.92 Å². The normalized spacial score (nSPS) is 10.6. The Kier molecular flexibility index (Phi) is 4.54. The van der Waals surface area contributed by atoms with Crippen LogP contribution in [-0.2, 0) is 4.74 Å². The van der Waals surface area contributed by atoms with Crippen LogP contribution in [0.1, 0.15) is 22.8 Å². The molecule has 0 heterocycles. The maximum atomic E-state index is 11.4. The van der Waals surface area contributed by atoms with E-state index in [1.807, 2.05) is 0 Å². The van der Waals surface area contributed by atoms with Gasteiger partial charge >= 0.3 is 5.97 Å². The molecule has 3 N–H and O–H groups in total. The monoisotopic (exact) mass is 221 g/mol. The Labute approximate surface area is 94.3 Å². The highest BCUT2D eigenvalue weighted by molar-refractivity contribution is 5.91. The minimum Gasteiger partial charge on any atom is -0.462 e. The Morgan fingerprint density at radius 2 is 2.31 bits per heavy atom. The van der Waals surface area contributed by atoms with Crippen LogP contribution in [0.25, 0.3) is 6.08 Å². The summed E-state index contributed by atoms with van der Waals surface area (Å²) >= 11 is 0. The van der Waals surface area contributed by atoms with Gasteiger partial charge in [0.2, 0.25) is 0 Å². The smallest absolute Gasteiger partial charge is 0.338 e. The van der Waals surface area contributed by atoms with E-state index >= 15 is 0 Å². The molecule has 0 atom stereocenters. The van der Waals surface area contributed by atoms with Crippen molar-refractivity contribution < 1.29 is 14.6 Å². The average Bonchev–Trinajstić information content (AvgIpc) is 2.28. The number of hydrogen-bond donors (Lipinski definition) is 2. The zero-order valence-corrected chi connectivity index (χ0v) is 9.14. The molecule has 0 spiro atoms. The number of carbonyl (C=O) groups excluding carboxylic acids is 1. The minimum atomic E-state index is -0.374. The molecule has 4 heteroatoms. The molecular formula is C12H15NO3. The second-order valence-electron chi connectivity index (χ2n) is 3.15. The van der Waals surface area contributed by atoms with E-state index in [-0.39, 0.29) is 12.6 Å². The van der Waals surface area contributed by atoms with Crippen LogP contribution in [0.5, 0.6) is 0 Å². The molecule has 0 unspecified atom stereocenters. The summed E-state index contributed by atoms with van der Waals surface area (Å²) in [5, 5.41) is 8.66. The predicted octanol–water partition coefficient (Wildman–Crippen LogP) is 1.45. The van der Waals surface area contributed by atoms with Crippen molar-refractivity contribution in [2.24, 2.45) is 0 Å². The molecule has 0 aliphatic rings. The highest BCUT2D eigenvalue weighted by Crippen LogP contribution is 2.16. The molecule has 86 valence electrons. The molecule has 0 aromatic heterocycles. The van der Waals surface area contributed by atoms with Crippen LogP contribution in [0.4, 0.5) is 5.69 Å². The Hall–Kier alpha value is -1.81. The first-order valence-electron chi connectivity index (χ1n) is 5.03. The summed E-state index contributed by atoms with van der Waals surface area (Å²) in [6.45, 7) is 2.02. The summed E-state index contributed by atoms with van der Waals surface area (Å²) in [6, 6.07) is 4.90. The third-order valence-corrected chi connectivity index (χ3v) is 2.00. The SMILES string of the molecule is CCOC(=O)c1ccc(N)c(C=CCO)c1. The molecule has 0 fully saturated rings. The van der Waals surface area contributed by atoms with Crippen LogP contribution in [0, 0.1) is 0 Å². The Morgan fingerprint density at radius 3 is 2.94 bits per heavy atom. The number of carbonyl (C=O) groups is 1. The summed E-state index contributed by atoms with van der Waals surface area (Å²) in [5.74, 6) is -0.374. The van der Waals surface area contributed by atoms with E-state index in [9.17, 15) is 4.79 Å². The largest absolute Gasteiger partial charge is 0.462 e. The number of hydrogen-bond acceptors (Lipinski definition) is 4. The van der Waals surface area contributed by atoms with Gasteiger partial charge in [0.25, 0.3) is 0 Å². The Bertz CT molecular complexity index is 399. The molecule has 0 aliphatic heterocycles. The summed E-state index contributed by atoms with van der Waals surface area (Å²) < 4.78 is 4.87. The van der Waals surface area contributed by atoms with E-state index in [0.29, 0.717) is 23.4 Å². The first-order valence-corrected chi connectivity index (χ1v) is 5.03. The van der Waals surface area contributed by atoms with Crippen LogP contribution < -0.4 is 5.73 Å². The number of nitrogens with two attached hydrogens (primary N) is 1. The van der Waals surface area contributed by atoms with Crippen LogP contribution in [0.2, 0.25) is 0 Å². The Balaban J connectivity index is 2.97. The summed E-state index contributed by atoms with van der Waals surface area (Å²) in [7, 11) is 0. The van der Waals surface area contributed by atoms with Gasteiger partial charge < -0.3 is 15.6 Å². The van der Waals surface area contributed by atoms with Crippen molar-refractivity contribution in [1.29, 1.82) is 0 Å². The lowest BCUT2D eigenvalue weighted by atomic mass is 10.1. The molecule has 4 nitrogen and oxygen atoms in total. The zero-order valence-electron chi connectivity index (χ0n) is 9.14. The van der Waals surface area contributed by atoms with Gasteiger partial charge in [-0.05, 0) is 30.7 Å². The van der Waals surface area contributed by atoms with Gasteiger partial charge in [-0.25, -0.2) is 4.79 Å². The zero-order chi connectivity index (χ0) is 12.0.